The third-order valence-corrected chi connectivity index (χ3v) is 5.97. The molecule has 21 heavy (non-hydrogen) atoms. The smallest absolute Gasteiger partial charge is 0.241 e. The van der Waals surface area contributed by atoms with Crippen LogP contribution in [0.3, 0.4) is 0 Å². The average molecular weight is 310 g/mol. The van der Waals surface area contributed by atoms with Crippen LogP contribution >= 0.6 is 0 Å². The van der Waals surface area contributed by atoms with Crippen molar-refractivity contribution in [3.63, 3.8) is 0 Å². The fourth-order valence-electron chi connectivity index (χ4n) is 3.22. The third-order valence-electron chi connectivity index (χ3n) is 4.29. The van der Waals surface area contributed by atoms with Crippen molar-refractivity contribution >= 4 is 10.0 Å². The standard InChI is InChI=1S/C16H26N2O2S/c1-12-9-13(11-17)6-7-15(12)21(19,20)18-14-5-4-8-16(2,3)10-14/h6-7,9,14,18H,4-5,8,10-11,17H2,1-3H3. The summed E-state index contributed by atoms with van der Waals surface area (Å²) < 4.78 is 28.1. The molecule has 1 saturated carbocycles. The van der Waals surface area contributed by atoms with Gasteiger partial charge in [-0.25, -0.2) is 13.1 Å². The molecule has 0 radical (unpaired) electrons. The van der Waals surface area contributed by atoms with Gasteiger partial charge in [0.15, 0.2) is 0 Å². The maximum atomic E-state index is 12.6. The number of aryl methyl sites for hydroxylation is 1. The third kappa shape index (κ3) is 4.05. The molecule has 118 valence electrons. The number of sulfonamides is 1. The Morgan fingerprint density at radius 2 is 2.10 bits per heavy atom. The van der Waals surface area contributed by atoms with Crippen molar-refractivity contribution in [1.82, 2.24) is 4.72 Å². The highest BCUT2D eigenvalue weighted by molar-refractivity contribution is 7.89. The van der Waals surface area contributed by atoms with E-state index in [-0.39, 0.29) is 11.5 Å². The van der Waals surface area contributed by atoms with E-state index in [1.807, 2.05) is 13.0 Å². The van der Waals surface area contributed by atoms with Crippen LogP contribution in [-0.4, -0.2) is 14.5 Å². The van der Waals surface area contributed by atoms with Gasteiger partial charge in [0.1, 0.15) is 0 Å². The predicted octanol–water partition coefficient (Wildman–Crippen LogP) is 2.70. The van der Waals surface area contributed by atoms with E-state index in [4.69, 9.17) is 5.73 Å². The molecule has 1 aromatic rings. The van der Waals surface area contributed by atoms with Crippen molar-refractivity contribution in [3.05, 3.63) is 29.3 Å². The summed E-state index contributed by atoms with van der Waals surface area (Å²) in [6.45, 7) is 6.65. The fraction of sp³-hybridized carbons (Fsp3) is 0.625. The Balaban J connectivity index is 2.19. The first-order valence-corrected chi connectivity index (χ1v) is 9.04. The van der Waals surface area contributed by atoms with Crippen LogP contribution in [0.1, 0.15) is 50.7 Å². The number of rotatable bonds is 4. The summed E-state index contributed by atoms with van der Waals surface area (Å²) in [4.78, 5) is 0.364. The molecule has 0 aliphatic heterocycles. The highest BCUT2D eigenvalue weighted by atomic mass is 32.2. The van der Waals surface area contributed by atoms with Gasteiger partial charge in [0.2, 0.25) is 10.0 Å². The van der Waals surface area contributed by atoms with Gasteiger partial charge in [0, 0.05) is 12.6 Å². The monoisotopic (exact) mass is 310 g/mol. The highest BCUT2D eigenvalue weighted by Crippen LogP contribution is 2.35. The van der Waals surface area contributed by atoms with Gasteiger partial charge in [-0.15, -0.1) is 0 Å². The van der Waals surface area contributed by atoms with Crippen LogP contribution < -0.4 is 10.5 Å². The minimum atomic E-state index is -3.46. The molecule has 5 heteroatoms. The SMILES string of the molecule is Cc1cc(CN)ccc1S(=O)(=O)NC1CCCC(C)(C)C1. The maximum Gasteiger partial charge on any atom is 0.241 e. The van der Waals surface area contributed by atoms with Crippen molar-refractivity contribution in [3.8, 4) is 0 Å². The summed E-state index contributed by atoms with van der Waals surface area (Å²) in [5.74, 6) is 0. The Morgan fingerprint density at radius 1 is 1.38 bits per heavy atom. The van der Waals surface area contributed by atoms with E-state index in [0.717, 1.165) is 36.8 Å². The molecule has 1 unspecified atom stereocenters. The van der Waals surface area contributed by atoms with Crippen molar-refractivity contribution < 1.29 is 8.42 Å². The van der Waals surface area contributed by atoms with Gasteiger partial charge in [-0.3, -0.25) is 0 Å². The maximum absolute atomic E-state index is 12.6. The van der Waals surface area contributed by atoms with Crippen LogP contribution in [0.5, 0.6) is 0 Å². The zero-order valence-electron chi connectivity index (χ0n) is 13.1. The molecule has 0 heterocycles. The van der Waals surface area contributed by atoms with Crippen molar-refractivity contribution in [2.45, 2.75) is 63.9 Å². The van der Waals surface area contributed by atoms with Gasteiger partial charge in [-0.2, -0.15) is 0 Å². The summed E-state index contributed by atoms with van der Waals surface area (Å²) in [5.41, 5.74) is 7.50. The molecule has 1 atom stereocenters. The van der Waals surface area contributed by atoms with Crippen LogP contribution in [0.2, 0.25) is 0 Å². The molecule has 0 saturated heterocycles. The van der Waals surface area contributed by atoms with Gasteiger partial charge in [-0.05, 0) is 48.8 Å². The van der Waals surface area contributed by atoms with Gasteiger partial charge in [0.05, 0.1) is 4.90 Å². The van der Waals surface area contributed by atoms with Crippen LogP contribution in [0.15, 0.2) is 23.1 Å². The van der Waals surface area contributed by atoms with Crippen molar-refractivity contribution in [2.24, 2.45) is 11.1 Å². The minimum Gasteiger partial charge on any atom is -0.326 e. The minimum absolute atomic E-state index is 0.0346. The van der Waals surface area contributed by atoms with Crippen LogP contribution in [0.25, 0.3) is 0 Å². The second-order valence-corrected chi connectivity index (χ2v) is 8.57. The predicted molar refractivity (Wildman–Crippen MR) is 85.4 cm³/mol. The Hall–Kier alpha value is -0.910. The van der Waals surface area contributed by atoms with Gasteiger partial charge in [-0.1, -0.05) is 32.4 Å². The molecule has 4 nitrogen and oxygen atoms in total. The normalized spacial score (nSPS) is 22.2. The van der Waals surface area contributed by atoms with E-state index in [9.17, 15) is 8.42 Å². The molecule has 0 amide bonds. The highest BCUT2D eigenvalue weighted by Gasteiger charge is 2.31. The van der Waals surface area contributed by atoms with E-state index in [1.54, 1.807) is 12.1 Å². The molecule has 2 rings (SSSR count). The number of hydrogen-bond donors (Lipinski definition) is 2. The van der Waals surface area contributed by atoms with Crippen LogP contribution in [0, 0.1) is 12.3 Å². The van der Waals surface area contributed by atoms with E-state index < -0.39 is 10.0 Å². The van der Waals surface area contributed by atoms with Gasteiger partial charge >= 0.3 is 0 Å². The number of nitrogens with two attached hydrogens (primary N) is 1. The Labute approximate surface area is 128 Å². The molecule has 1 aromatic carbocycles. The summed E-state index contributed by atoms with van der Waals surface area (Å²) in [7, 11) is -3.46. The topological polar surface area (TPSA) is 72.2 Å². The van der Waals surface area contributed by atoms with E-state index in [0.29, 0.717) is 11.4 Å². The second kappa shape index (κ2) is 6.07. The van der Waals surface area contributed by atoms with Crippen molar-refractivity contribution in [2.75, 3.05) is 0 Å². The lowest BCUT2D eigenvalue weighted by molar-refractivity contribution is 0.212. The first-order valence-electron chi connectivity index (χ1n) is 7.55. The molecule has 0 aromatic heterocycles. The Kier molecular flexibility index (Phi) is 4.76. The fourth-order valence-corrected chi connectivity index (χ4v) is 4.72. The lowest BCUT2D eigenvalue weighted by Crippen LogP contribution is -2.40. The van der Waals surface area contributed by atoms with Crippen molar-refractivity contribution in [1.29, 1.82) is 0 Å². The molecule has 1 aliphatic carbocycles. The molecule has 1 aliphatic rings. The average Bonchev–Trinajstić information content (AvgIpc) is 2.36. The Bertz CT molecular complexity index is 609. The van der Waals surface area contributed by atoms with Gasteiger partial charge < -0.3 is 5.73 Å². The molecular weight excluding hydrogens is 284 g/mol. The molecular formula is C16H26N2O2S. The quantitative estimate of drug-likeness (QED) is 0.898. The van der Waals surface area contributed by atoms with E-state index in [1.165, 1.54) is 0 Å². The first kappa shape index (κ1) is 16.5. The summed E-state index contributed by atoms with van der Waals surface area (Å²) in [6.07, 6.45) is 4.05. The number of benzene rings is 1. The summed E-state index contributed by atoms with van der Waals surface area (Å²) in [6, 6.07) is 5.33. The van der Waals surface area contributed by atoms with Crippen LogP contribution in [0.4, 0.5) is 0 Å². The Morgan fingerprint density at radius 3 is 2.67 bits per heavy atom. The zero-order chi connectivity index (χ0) is 15.7. The zero-order valence-corrected chi connectivity index (χ0v) is 14.0. The summed E-state index contributed by atoms with van der Waals surface area (Å²) in [5, 5.41) is 0. The van der Waals surface area contributed by atoms with E-state index in [2.05, 4.69) is 18.6 Å². The first-order chi connectivity index (χ1) is 9.73. The number of nitrogens with one attached hydrogen (secondary N) is 1. The largest absolute Gasteiger partial charge is 0.326 e. The lowest BCUT2D eigenvalue weighted by atomic mass is 9.75. The van der Waals surface area contributed by atoms with Crippen LogP contribution in [-0.2, 0) is 16.6 Å². The van der Waals surface area contributed by atoms with Gasteiger partial charge in [0.25, 0.3) is 0 Å². The molecule has 3 N–H and O–H groups in total. The second-order valence-electron chi connectivity index (χ2n) is 6.88. The lowest BCUT2D eigenvalue weighted by Gasteiger charge is -2.35. The van der Waals surface area contributed by atoms with E-state index >= 15 is 0 Å². The molecule has 0 spiro atoms. The molecule has 0 bridgehead atoms. The number of hydrogen-bond acceptors (Lipinski definition) is 3. The molecule has 1 fully saturated rings. The summed E-state index contributed by atoms with van der Waals surface area (Å²) >= 11 is 0.